The standard InChI is InChI=1S/C11H23N3O2S2/c1-4-11(2)6-9-17-10(14-11)12-7-5-8-13-18(3,15)16/h13H,4-9H2,1-3H3,(H,12,14). The summed E-state index contributed by atoms with van der Waals surface area (Å²) >= 11 is 1.74. The van der Waals surface area contributed by atoms with E-state index in [-0.39, 0.29) is 5.54 Å². The highest BCUT2D eigenvalue weighted by molar-refractivity contribution is 8.13. The van der Waals surface area contributed by atoms with Crippen molar-refractivity contribution in [2.24, 2.45) is 4.99 Å². The topological polar surface area (TPSA) is 70.6 Å². The van der Waals surface area contributed by atoms with Crippen molar-refractivity contribution >= 4 is 27.0 Å². The minimum atomic E-state index is -3.07. The Bertz CT molecular complexity index is 395. The third-order valence-corrected chi connectivity index (χ3v) is 4.68. The van der Waals surface area contributed by atoms with E-state index in [4.69, 9.17) is 0 Å². The van der Waals surface area contributed by atoms with E-state index in [0.717, 1.165) is 30.2 Å². The summed E-state index contributed by atoms with van der Waals surface area (Å²) in [6, 6.07) is 0. The summed E-state index contributed by atoms with van der Waals surface area (Å²) in [6.07, 6.45) is 4.14. The molecule has 1 fully saturated rings. The molecule has 1 heterocycles. The highest BCUT2D eigenvalue weighted by Crippen LogP contribution is 2.24. The van der Waals surface area contributed by atoms with E-state index in [2.05, 4.69) is 28.9 Å². The van der Waals surface area contributed by atoms with E-state index in [1.807, 2.05) is 0 Å². The van der Waals surface area contributed by atoms with Gasteiger partial charge < -0.3 is 5.32 Å². The molecule has 18 heavy (non-hydrogen) atoms. The normalized spacial score (nSPS) is 27.2. The van der Waals surface area contributed by atoms with Gasteiger partial charge in [0.15, 0.2) is 5.17 Å². The largest absolute Gasteiger partial charge is 0.360 e. The first-order valence-corrected chi connectivity index (χ1v) is 9.12. The van der Waals surface area contributed by atoms with Gasteiger partial charge in [0.25, 0.3) is 0 Å². The second-order valence-corrected chi connectivity index (χ2v) is 7.76. The van der Waals surface area contributed by atoms with E-state index in [0.29, 0.717) is 13.1 Å². The fraction of sp³-hybridized carbons (Fsp3) is 0.909. The zero-order valence-corrected chi connectivity index (χ0v) is 13.0. The molecule has 1 atom stereocenters. The number of aliphatic imine (C=N–C) groups is 1. The average molecular weight is 293 g/mol. The van der Waals surface area contributed by atoms with E-state index in [1.165, 1.54) is 6.26 Å². The van der Waals surface area contributed by atoms with Crippen molar-refractivity contribution in [1.29, 1.82) is 0 Å². The summed E-state index contributed by atoms with van der Waals surface area (Å²) in [5.74, 6) is 1.10. The van der Waals surface area contributed by atoms with Crippen LogP contribution in [0.4, 0.5) is 0 Å². The van der Waals surface area contributed by atoms with Crippen molar-refractivity contribution in [2.45, 2.75) is 38.6 Å². The van der Waals surface area contributed by atoms with Gasteiger partial charge in [-0.2, -0.15) is 0 Å². The highest BCUT2D eigenvalue weighted by Gasteiger charge is 2.27. The second kappa shape index (κ2) is 6.77. The number of thioether (sulfide) groups is 1. The molecule has 0 radical (unpaired) electrons. The first-order chi connectivity index (χ1) is 8.35. The Kier molecular flexibility index (Phi) is 5.94. The summed E-state index contributed by atoms with van der Waals surface area (Å²) in [4.78, 5) is 4.48. The number of nitrogens with one attached hydrogen (secondary N) is 2. The quantitative estimate of drug-likeness (QED) is 0.721. The molecular formula is C11H23N3O2S2. The van der Waals surface area contributed by atoms with Gasteiger partial charge in [-0.1, -0.05) is 18.7 Å². The van der Waals surface area contributed by atoms with Crippen molar-refractivity contribution in [3.05, 3.63) is 0 Å². The average Bonchev–Trinajstić information content (AvgIpc) is 2.27. The van der Waals surface area contributed by atoms with Gasteiger partial charge in [0.1, 0.15) is 0 Å². The summed E-state index contributed by atoms with van der Waals surface area (Å²) in [5, 5.41) is 4.45. The monoisotopic (exact) mass is 293 g/mol. The van der Waals surface area contributed by atoms with Gasteiger partial charge >= 0.3 is 0 Å². The molecule has 2 N–H and O–H groups in total. The maximum Gasteiger partial charge on any atom is 0.208 e. The van der Waals surface area contributed by atoms with Crippen LogP contribution < -0.4 is 10.0 Å². The van der Waals surface area contributed by atoms with Crippen molar-refractivity contribution < 1.29 is 8.42 Å². The van der Waals surface area contributed by atoms with Crippen LogP contribution >= 0.6 is 11.8 Å². The molecular weight excluding hydrogens is 270 g/mol. The third kappa shape index (κ3) is 6.06. The van der Waals surface area contributed by atoms with Gasteiger partial charge in [0, 0.05) is 24.4 Å². The maximum atomic E-state index is 10.9. The predicted molar refractivity (Wildman–Crippen MR) is 78.7 cm³/mol. The van der Waals surface area contributed by atoms with Crippen molar-refractivity contribution in [2.75, 3.05) is 25.1 Å². The molecule has 1 rings (SSSR count). The maximum absolute atomic E-state index is 10.9. The number of rotatable bonds is 6. The van der Waals surface area contributed by atoms with Gasteiger partial charge in [-0.15, -0.1) is 0 Å². The zero-order chi connectivity index (χ0) is 13.6. The molecule has 0 aromatic carbocycles. The molecule has 0 aromatic heterocycles. The second-order valence-electron chi connectivity index (χ2n) is 4.84. The molecule has 0 aromatic rings. The zero-order valence-electron chi connectivity index (χ0n) is 11.3. The Hall–Kier alpha value is -0.270. The van der Waals surface area contributed by atoms with Gasteiger partial charge in [0.2, 0.25) is 10.0 Å². The lowest BCUT2D eigenvalue weighted by Gasteiger charge is -2.35. The minimum Gasteiger partial charge on any atom is -0.360 e. The predicted octanol–water partition coefficient (Wildman–Crippen LogP) is 1.18. The van der Waals surface area contributed by atoms with Gasteiger partial charge in [0.05, 0.1) is 6.26 Å². The molecule has 1 aliphatic heterocycles. The first kappa shape index (κ1) is 15.8. The van der Waals surface area contributed by atoms with Crippen LogP contribution in [0.15, 0.2) is 4.99 Å². The Balaban J connectivity index is 2.30. The summed E-state index contributed by atoms with van der Waals surface area (Å²) in [6.45, 7) is 5.49. The highest BCUT2D eigenvalue weighted by atomic mass is 32.2. The molecule has 0 aliphatic carbocycles. The lowest BCUT2D eigenvalue weighted by atomic mass is 9.96. The molecule has 0 bridgehead atoms. The first-order valence-electron chi connectivity index (χ1n) is 6.25. The van der Waals surface area contributed by atoms with Crippen LogP contribution in [0.2, 0.25) is 0 Å². The SMILES string of the molecule is CCC1(C)CCSC(=NCCCNS(C)(=O)=O)N1. The lowest BCUT2D eigenvalue weighted by Crippen LogP contribution is -2.48. The molecule has 7 heteroatoms. The van der Waals surface area contributed by atoms with Crippen LogP contribution in [0, 0.1) is 0 Å². The minimum absolute atomic E-state index is 0.162. The van der Waals surface area contributed by atoms with E-state index in [1.54, 1.807) is 11.8 Å². The Labute approximate surface area is 114 Å². The number of amidine groups is 1. The Morgan fingerprint density at radius 1 is 1.56 bits per heavy atom. The van der Waals surface area contributed by atoms with Gasteiger partial charge in [-0.25, -0.2) is 13.1 Å². The van der Waals surface area contributed by atoms with Gasteiger partial charge in [-0.05, 0) is 26.2 Å². The smallest absolute Gasteiger partial charge is 0.208 e. The van der Waals surface area contributed by atoms with E-state index >= 15 is 0 Å². The third-order valence-electron chi connectivity index (χ3n) is 3.04. The van der Waals surface area contributed by atoms with Crippen LogP contribution in [0.3, 0.4) is 0 Å². The molecule has 106 valence electrons. The van der Waals surface area contributed by atoms with E-state index < -0.39 is 10.0 Å². The Morgan fingerprint density at radius 2 is 2.28 bits per heavy atom. The van der Waals surface area contributed by atoms with Gasteiger partial charge in [-0.3, -0.25) is 4.99 Å². The van der Waals surface area contributed by atoms with E-state index in [9.17, 15) is 8.42 Å². The Morgan fingerprint density at radius 3 is 2.89 bits per heavy atom. The molecule has 1 saturated heterocycles. The number of nitrogens with zero attached hydrogens (tertiary/aromatic N) is 1. The van der Waals surface area contributed by atoms with Crippen molar-refractivity contribution in [1.82, 2.24) is 10.0 Å². The van der Waals surface area contributed by atoms with Crippen LogP contribution in [-0.4, -0.2) is 44.2 Å². The molecule has 0 spiro atoms. The lowest BCUT2D eigenvalue weighted by molar-refractivity contribution is 0.390. The number of hydrogen-bond acceptors (Lipinski definition) is 4. The van der Waals surface area contributed by atoms with Crippen LogP contribution in [0.1, 0.15) is 33.1 Å². The number of hydrogen-bond donors (Lipinski definition) is 2. The van der Waals surface area contributed by atoms with Crippen LogP contribution in [-0.2, 0) is 10.0 Å². The molecule has 1 aliphatic rings. The summed E-state index contributed by atoms with van der Waals surface area (Å²) in [5.41, 5.74) is 0.162. The van der Waals surface area contributed by atoms with Crippen molar-refractivity contribution in [3.63, 3.8) is 0 Å². The fourth-order valence-electron chi connectivity index (χ4n) is 1.60. The van der Waals surface area contributed by atoms with Crippen molar-refractivity contribution in [3.8, 4) is 0 Å². The van der Waals surface area contributed by atoms with Crippen LogP contribution in [0.5, 0.6) is 0 Å². The number of sulfonamides is 1. The van der Waals surface area contributed by atoms with Crippen LogP contribution in [0.25, 0.3) is 0 Å². The molecule has 0 saturated carbocycles. The summed E-state index contributed by atoms with van der Waals surface area (Å²) < 4.78 is 24.2. The molecule has 5 nitrogen and oxygen atoms in total. The summed E-state index contributed by atoms with van der Waals surface area (Å²) in [7, 11) is -3.07. The molecule has 1 unspecified atom stereocenters. The fourth-order valence-corrected chi connectivity index (χ4v) is 3.36. The molecule has 0 amide bonds.